The van der Waals surface area contributed by atoms with Gasteiger partial charge in [0.15, 0.2) is 0 Å². The molecule has 1 aliphatic rings. The predicted octanol–water partition coefficient (Wildman–Crippen LogP) is 2.06. The van der Waals surface area contributed by atoms with E-state index in [2.05, 4.69) is 10.4 Å². The van der Waals surface area contributed by atoms with Crippen molar-refractivity contribution in [2.24, 2.45) is 0 Å². The minimum absolute atomic E-state index is 0.0874. The summed E-state index contributed by atoms with van der Waals surface area (Å²) in [6.07, 6.45) is 4.08. The van der Waals surface area contributed by atoms with Crippen LogP contribution in [-0.4, -0.2) is 20.9 Å². The molecule has 0 aliphatic heterocycles. The number of aliphatic hydroxyl groups is 1. The minimum Gasteiger partial charge on any atom is -0.392 e. The normalized spacial score (nSPS) is 14.8. The van der Waals surface area contributed by atoms with Crippen LogP contribution in [0.3, 0.4) is 0 Å². The van der Waals surface area contributed by atoms with Gasteiger partial charge in [-0.3, -0.25) is 0 Å². The third-order valence-electron chi connectivity index (χ3n) is 3.63. The van der Waals surface area contributed by atoms with E-state index in [1.54, 1.807) is 12.3 Å². The zero-order valence-electron chi connectivity index (χ0n) is 11.4. The fourth-order valence-electron chi connectivity index (χ4n) is 2.27. The van der Waals surface area contributed by atoms with Crippen molar-refractivity contribution in [3.63, 3.8) is 0 Å². The third-order valence-corrected chi connectivity index (χ3v) is 3.63. The minimum atomic E-state index is -0.299. The van der Waals surface area contributed by atoms with Crippen molar-refractivity contribution in [2.75, 3.05) is 0 Å². The molecule has 0 unspecified atom stereocenters. The van der Waals surface area contributed by atoms with Gasteiger partial charge in [0.25, 0.3) is 0 Å². The quantitative estimate of drug-likeness (QED) is 0.878. The van der Waals surface area contributed by atoms with Crippen LogP contribution in [0.1, 0.15) is 29.7 Å². The number of aryl methyl sites for hydroxylation is 1. The second-order valence-corrected chi connectivity index (χ2v) is 5.25. The molecule has 1 aromatic heterocycles. The first kappa shape index (κ1) is 13.3. The number of aliphatic hydroxyl groups excluding tert-OH is 1. The summed E-state index contributed by atoms with van der Waals surface area (Å²) in [6.45, 7) is 2.35. The van der Waals surface area contributed by atoms with E-state index in [0.29, 0.717) is 23.8 Å². The molecule has 1 aromatic carbocycles. The van der Waals surface area contributed by atoms with E-state index in [-0.39, 0.29) is 12.4 Å². The van der Waals surface area contributed by atoms with Crippen molar-refractivity contribution in [2.45, 2.75) is 39.0 Å². The Morgan fingerprint density at radius 3 is 2.85 bits per heavy atom. The molecule has 0 saturated heterocycles. The van der Waals surface area contributed by atoms with E-state index >= 15 is 0 Å². The van der Waals surface area contributed by atoms with E-state index in [4.69, 9.17) is 0 Å². The highest BCUT2D eigenvalue weighted by molar-refractivity contribution is 5.42. The smallest absolute Gasteiger partial charge is 0.149 e. The summed E-state index contributed by atoms with van der Waals surface area (Å²) >= 11 is 0. The zero-order valence-corrected chi connectivity index (χ0v) is 11.4. The second kappa shape index (κ2) is 5.34. The molecule has 0 spiro atoms. The highest BCUT2D eigenvalue weighted by Crippen LogP contribution is 2.23. The summed E-state index contributed by atoms with van der Waals surface area (Å²) in [5, 5.41) is 16.9. The molecular formula is C15H18FN3O. The monoisotopic (exact) mass is 275 g/mol. The molecule has 0 bridgehead atoms. The molecule has 2 aromatic rings. The van der Waals surface area contributed by atoms with Gasteiger partial charge in [-0.15, -0.1) is 0 Å². The highest BCUT2D eigenvalue weighted by Gasteiger charge is 2.21. The fourth-order valence-corrected chi connectivity index (χ4v) is 2.27. The summed E-state index contributed by atoms with van der Waals surface area (Å²) in [7, 11) is 0. The van der Waals surface area contributed by atoms with Crippen LogP contribution in [-0.2, 0) is 13.2 Å². The number of benzene rings is 1. The van der Waals surface area contributed by atoms with Crippen LogP contribution >= 0.6 is 0 Å². The average Bonchev–Trinajstić information content (AvgIpc) is 3.19. The first-order valence-corrected chi connectivity index (χ1v) is 6.86. The number of halogens is 1. The number of nitrogens with one attached hydrogen (secondary N) is 1. The molecule has 3 rings (SSSR count). The zero-order chi connectivity index (χ0) is 14.1. The SMILES string of the molecule is Cc1nn(-c2c(F)cccc2CNC2CC2)cc1CO. The van der Waals surface area contributed by atoms with Crippen molar-refractivity contribution in [1.29, 1.82) is 0 Å². The molecular weight excluding hydrogens is 257 g/mol. The van der Waals surface area contributed by atoms with Crippen molar-refractivity contribution in [3.8, 4) is 5.69 Å². The third kappa shape index (κ3) is 2.59. The van der Waals surface area contributed by atoms with Crippen LogP contribution in [0.5, 0.6) is 0 Å². The Kier molecular flexibility index (Phi) is 3.54. The summed E-state index contributed by atoms with van der Waals surface area (Å²) in [6, 6.07) is 5.62. The molecule has 0 radical (unpaired) electrons. The first-order chi connectivity index (χ1) is 9.69. The van der Waals surface area contributed by atoms with Gasteiger partial charge in [0.2, 0.25) is 0 Å². The lowest BCUT2D eigenvalue weighted by Gasteiger charge is -2.11. The van der Waals surface area contributed by atoms with Gasteiger partial charge in [-0.1, -0.05) is 12.1 Å². The van der Waals surface area contributed by atoms with Gasteiger partial charge in [0.05, 0.1) is 12.3 Å². The van der Waals surface area contributed by atoms with Crippen molar-refractivity contribution in [3.05, 3.63) is 47.0 Å². The molecule has 4 nitrogen and oxygen atoms in total. The Labute approximate surface area is 117 Å². The van der Waals surface area contributed by atoms with Gasteiger partial charge in [0, 0.05) is 24.3 Å². The van der Waals surface area contributed by atoms with Crippen molar-refractivity contribution >= 4 is 0 Å². The topological polar surface area (TPSA) is 50.1 Å². The van der Waals surface area contributed by atoms with Crippen LogP contribution in [0.15, 0.2) is 24.4 Å². The second-order valence-electron chi connectivity index (χ2n) is 5.25. The Balaban J connectivity index is 1.96. The lowest BCUT2D eigenvalue weighted by molar-refractivity contribution is 0.281. The van der Waals surface area contributed by atoms with Gasteiger partial charge in [-0.2, -0.15) is 5.10 Å². The number of nitrogens with zero attached hydrogens (tertiary/aromatic N) is 2. The Morgan fingerprint density at radius 1 is 1.40 bits per heavy atom. The number of hydrogen-bond donors (Lipinski definition) is 2. The fraction of sp³-hybridized carbons (Fsp3) is 0.400. The molecule has 1 aliphatic carbocycles. The van der Waals surface area contributed by atoms with Crippen LogP contribution in [0, 0.1) is 12.7 Å². The summed E-state index contributed by atoms with van der Waals surface area (Å²) in [5.74, 6) is -0.299. The molecule has 20 heavy (non-hydrogen) atoms. The van der Waals surface area contributed by atoms with Crippen molar-refractivity contribution < 1.29 is 9.50 Å². The van der Waals surface area contributed by atoms with Gasteiger partial charge >= 0.3 is 0 Å². The lowest BCUT2D eigenvalue weighted by Crippen LogP contribution is -2.17. The largest absolute Gasteiger partial charge is 0.392 e. The molecule has 2 N–H and O–H groups in total. The van der Waals surface area contributed by atoms with Crippen LogP contribution in [0.2, 0.25) is 0 Å². The van der Waals surface area contributed by atoms with Gasteiger partial charge in [0.1, 0.15) is 11.5 Å². The maximum Gasteiger partial charge on any atom is 0.149 e. The molecule has 106 valence electrons. The number of para-hydroxylation sites is 1. The average molecular weight is 275 g/mol. The maximum absolute atomic E-state index is 14.2. The van der Waals surface area contributed by atoms with Crippen LogP contribution in [0.25, 0.3) is 5.69 Å². The predicted molar refractivity (Wildman–Crippen MR) is 74.0 cm³/mol. The first-order valence-electron chi connectivity index (χ1n) is 6.86. The molecule has 5 heteroatoms. The lowest BCUT2D eigenvalue weighted by atomic mass is 10.1. The van der Waals surface area contributed by atoms with Crippen molar-refractivity contribution in [1.82, 2.24) is 15.1 Å². The summed E-state index contributed by atoms with van der Waals surface area (Å²) < 4.78 is 15.7. The van der Waals surface area contributed by atoms with E-state index in [9.17, 15) is 9.50 Å². The Bertz CT molecular complexity index is 620. The highest BCUT2D eigenvalue weighted by atomic mass is 19.1. The van der Waals surface area contributed by atoms with Gasteiger partial charge in [-0.25, -0.2) is 9.07 Å². The maximum atomic E-state index is 14.2. The summed E-state index contributed by atoms with van der Waals surface area (Å²) in [5.41, 5.74) is 2.78. The number of rotatable bonds is 5. The molecule has 1 saturated carbocycles. The molecule has 0 amide bonds. The standard InChI is InChI=1S/C15H18FN3O/c1-10-12(9-20)8-19(18-10)15-11(3-2-4-14(15)16)7-17-13-5-6-13/h2-4,8,13,17,20H,5-7,9H2,1H3. The number of hydrogen-bond acceptors (Lipinski definition) is 3. The Hall–Kier alpha value is -1.72. The Morgan fingerprint density at radius 2 is 2.20 bits per heavy atom. The van der Waals surface area contributed by atoms with Gasteiger partial charge < -0.3 is 10.4 Å². The van der Waals surface area contributed by atoms with E-state index < -0.39 is 0 Å². The van der Waals surface area contributed by atoms with Crippen LogP contribution in [0.4, 0.5) is 4.39 Å². The molecule has 0 atom stereocenters. The molecule has 1 heterocycles. The van der Waals surface area contributed by atoms with Crippen LogP contribution < -0.4 is 5.32 Å². The number of aromatic nitrogens is 2. The van der Waals surface area contributed by atoms with E-state index in [0.717, 1.165) is 11.3 Å². The van der Waals surface area contributed by atoms with E-state index in [1.807, 2.05) is 13.0 Å². The van der Waals surface area contributed by atoms with E-state index in [1.165, 1.54) is 23.6 Å². The molecule has 1 fully saturated rings. The van der Waals surface area contributed by atoms with Gasteiger partial charge in [-0.05, 0) is 31.4 Å². The summed E-state index contributed by atoms with van der Waals surface area (Å²) in [4.78, 5) is 0.